The first-order valence-corrected chi connectivity index (χ1v) is 7.45. The van der Waals surface area contributed by atoms with Crippen LogP contribution >= 0.6 is 11.6 Å². The van der Waals surface area contributed by atoms with Crippen molar-refractivity contribution in [1.29, 1.82) is 0 Å². The van der Waals surface area contributed by atoms with E-state index in [0.717, 1.165) is 12.1 Å². The van der Waals surface area contributed by atoms with Gasteiger partial charge in [0.15, 0.2) is 12.2 Å². The van der Waals surface area contributed by atoms with Crippen LogP contribution in [-0.2, 0) is 14.3 Å². The van der Waals surface area contributed by atoms with Gasteiger partial charge >= 0.3 is 5.97 Å². The predicted octanol–water partition coefficient (Wildman–Crippen LogP) is 3.08. The van der Waals surface area contributed by atoms with Crippen molar-refractivity contribution in [1.82, 2.24) is 0 Å². The average molecular weight is 352 g/mol. The third kappa shape index (κ3) is 4.53. The van der Waals surface area contributed by atoms with E-state index in [1.54, 1.807) is 30.3 Å². The standard InChI is InChI=1S/C17H15ClFNO4/c1-10(16(22)20-14-8-7-12(19)9-13(14)18)24-17(23)15(21)11-5-3-2-4-6-11/h2-10,15,21H,1H3,(H,20,22)/t10-,15-/m1/s1. The molecule has 0 saturated carbocycles. The Hall–Kier alpha value is -2.44. The summed E-state index contributed by atoms with van der Waals surface area (Å²) in [6, 6.07) is 11.7. The molecule has 0 aliphatic heterocycles. The number of carbonyl (C=O) groups is 2. The lowest BCUT2D eigenvalue weighted by Gasteiger charge is -2.16. The molecule has 24 heavy (non-hydrogen) atoms. The van der Waals surface area contributed by atoms with E-state index in [1.807, 2.05) is 0 Å². The van der Waals surface area contributed by atoms with Crippen LogP contribution in [0.1, 0.15) is 18.6 Å². The lowest BCUT2D eigenvalue weighted by molar-refractivity contribution is -0.162. The van der Waals surface area contributed by atoms with Gasteiger partial charge in [0, 0.05) is 0 Å². The molecule has 0 radical (unpaired) electrons. The van der Waals surface area contributed by atoms with E-state index in [2.05, 4.69) is 5.32 Å². The summed E-state index contributed by atoms with van der Waals surface area (Å²) in [4.78, 5) is 23.9. The van der Waals surface area contributed by atoms with Crippen molar-refractivity contribution in [3.8, 4) is 0 Å². The Morgan fingerprint density at radius 2 is 1.88 bits per heavy atom. The predicted molar refractivity (Wildman–Crippen MR) is 87.0 cm³/mol. The number of aliphatic hydroxyl groups is 1. The second kappa shape index (κ2) is 7.90. The van der Waals surface area contributed by atoms with Crippen LogP contribution in [-0.4, -0.2) is 23.1 Å². The first kappa shape index (κ1) is 17.9. The fraction of sp³-hybridized carbons (Fsp3) is 0.176. The number of hydrogen-bond acceptors (Lipinski definition) is 4. The third-order valence-electron chi connectivity index (χ3n) is 3.19. The lowest BCUT2D eigenvalue weighted by atomic mass is 10.1. The van der Waals surface area contributed by atoms with E-state index in [4.69, 9.17) is 16.3 Å². The Kier molecular flexibility index (Phi) is 5.89. The van der Waals surface area contributed by atoms with Gasteiger partial charge in [-0.1, -0.05) is 41.9 Å². The molecule has 0 aliphatic carbocycles. The molecule has 5 nitrogen and oxygen atoms in total. The molecule has 1 amide bonds. The highest BCUT2D eigenvalue weighted by Crippen LogP contribution is 2.23. The van der Waals surface area contributed by atoms with Crippen molar-refractivity contribution in [3.05, 3.63) is 64.9 Å². The Labute approximate surface area is 143 Å². The minimum Gasteiger partial charge on any atom is -0.450 e. The number of ether oxygens (including phenoxy) is 1. The molecular weight excluding hydrogens is 337 g/mol. The molecule has 0 saturated heterocycles. The molecule has 126 valence electrons. The van der Waals surface area contributed by atoms with Gasteiger partial charge in [-0.3, -0.25) is 4.79 Å². The topological polar surface area (TPSA) is 75.6 Å². The zero-order valence-corrected chi connectivity index (χ0v) is 13.5. The summed E-state index contributed by atoms with van der Waals surface area (Å²) in [7, 11) is 0. The van der Waals surface area contributed by atoms with Crippen molar-refractivity contribution < 1.29 is 23.8 Å². The summed E-state index contributed by atoms with van der Waals surface area (Å²) in [5, 5.41) is 12.4. The van der Waals surface area contributed by atoms with Gasteiger partial charge in [0.25, 0.3) is 5.91 Å². The second-order valence-electron chi connectivity index (χ2n) is 5.01. The van der Waals surface area contributed by atoms with Crippen LogP contribution in [0, 0.1) is 5.82 Å². The fourth-order valence-corrected chi connectivity index (χ4v) is 2.10. The van der Waals surface area contributed by atoms with Gasteiger partial charge in [-0.15, -0.1) is 0 Å². The number of esters is 1. The van der Waals surface area contributed by atoms with Crippen molar-refractivity contribution in [2.24, 2.45) is 0 Å². The molecular formula is C17H15ClFNO4. The summed E-state index contributed by atoms with van der Waals surface area (Å²) in [6.07, 6.45) is -2.66. The first-order valence-electron chi connectivity index (χ1n) is 7.08. The molecule has 2 rings (SSSR count). The van der Waals surface area contributed by atoms with E-state index in [9.17, 15) is 19.1 Å². The average Bonchev–Trinajstić information content (AvgIpc) is 2.57. The Bertz CT molecular complexity index is 739. The summed E-state index contributed by atoms with van der Waals surface area (Å²) in [5.41, 5.74) is 0.547. The highest BCUT2D eigenvalue weighted by Gasteiger charge is 2.24. The van der Waals surface area contributed by atoms with Gasteiger partial charge in [-0.05, 0) is 30.7 Å². The molecule has 2 aromatic rings. The smallest absolute Gasteiger partial charge is 0.340 e. The maximum Gasteiger partial charge on any atom is 0.340 e. The highest BCUT2D eigenvalue weighted by atomic mass is 35.5. The highest BCUT2D eigenvalue weighted by molar-refractivity contribution is 6.33. The molecule has 0 unspecified atom stereocenters. The Morgan fingerprint density at radius 1 is 1.21 bits per heavy atom. The van der Waals surface area contributed by atoms with Crippen molar-refractivity contribution in [2.45, 2.75) is 19.1 Å². The molecule has 0 spiro atoms. The summed E-state index contributed by atoms with van der Waals surface area (Å²) in [5.74, 6) is -2.14. The zero-order chi connectivity index (χ0) is 17.7. The first-order chi connectivity index (χ1) is 11.4. The van der Waals surface area contributed by atoms with E-state index < -0.39 is 29.9 Å². The monoisotopic (exact) mass is 351 g/mol. The van der Waals surface area contributed by atoms with Crippen LogP contribution in [0.15, 0.2) is 48.5 Å². The lowest BCUT2D eigenvalue weighted by Crippen LogP contribution is -2.31. The number of aliphatic hydroxyl groups excluding tert-OH is 1. The van der Waals surface area contributed by atoms with Gasteiger partial charge < -0.3 is 15.2 Å². The second-order valence-corrected chi connectivity index (χ2v) is 5.41. The number of benzene rings is 2. The minimum atomic E-state index is -1.49. The maximum atomic E-state index is 13.0. The summed E-state index contributed by atoms with van der Waals surface area (Å²) >= 11 is 5.81. The van der Waals surface area contributed by atoms with Gasteiger partial charge in [0.2, 0.25) is 0 Å². The summed E-state index contributed by atoms with van der Waals surface area (Å²) in [6.45, 7) is 1.35. The van der Waals surface area contributed by atoms with E-state index in [1.165, 1.54) is 13.0 Å². The number of nitrogens with one attached hydrogen (secondary N) is 1. The van der Waals surface area contributed by atoms with Crippen molar-refractivity contribution in [2.75, 3.05) is 5.32 Å². The fourth-order valence-electron chi connectivity index (χ4n) is 1.89. The number of amides is 1. The molecule has 0 aromatic heterocycles. The number of carbonyl (C=O) groups excluding carboxylic acids is 2. The van der Waals surface area contributed by atoms with Crippen LogP contribution in [0.4, 0.5) is 10.1 Å². The third-order valence-corrected chi connectivity index (χ3v) is 3.50. The van der Waals surface area contributed by atoms with Gasteiger partial charge in [-0.2, -0.15) is 0 Å². The molecule has 2 N–H and O–H groups in total. The SMILES string of the molecule is C[C@@H](OC(=O)[C@H](O)c1ccccc1)C(=O)Nc1ccc(F)cc1Cl. The Morgan fingerprint density at radius 3 is 2.50 bits per heavy atom. The van der Waals surface area contributed by atoms with Crippen LogP contribution in [0.3, 0.4) is 0 Å². The molecule has 0 fully saturated rings. The molecule has 0 bridgehead atoms. The van der Waals surface area contributed by atoms with Crippen LogP contribution in [0.25, 0.3) is 0 Å². The van der Waals surface area contributed by atoms with Crippen LogP contribution in [0.5, 0.6) is 0 Å². The van der Waals surface area contributed by atoms with E-state index in [0.29, 0.717) is 5.56 Å². The molecule has 2 atom stereocenters. The van der Waals surface area contributed by atoms with E-state index >= 15 is 0 Å². The number of rotatable bonds is 5. The minimum absolute atomic E-state index is 0.0196. The summed E-state index contributed by atoms with van der Waals surface area (Å²) < 4.78 is 17.9. The number of hydrogen-bond donors (Lipinski definition) is 2. The van der Waals surface area contributed by atoms with Crippen molar-refractivity contribution in [3.63, 3.8) is 0 Å². The van der Waals surface area contributed by atoms with E-state index in [-0.39, 0.29) is 10.7 Å². The van der Waals surface area contributed by atoms with Crippen LogP contribution in [0.2, 0.25) is 5.02 Å². The zero-order valence-electron chi connectivity index (χ0n) is 12.7. The van der Waals surface area contributed by atoms with Crippen LogP contribution < -0.4 is 5.32 Å². The quantitative estimate of drug-likeness (QED) is 0.812. The number of halogens is 2. The normalized spacial score (nSPS) is 13.0. The number of anilines is 1. The Balaban J connectivity index is 1.97. The van der Waals surface area contributed by atoms with Gasteiger partial charge in [-0.25, -0.2) is 9.18 Å². The van der Waals surface area contributed by atoms with Crippen molar-refractivity contribution >= 4 is 29.2 Å². The van der Waals surface area contributed by atoms with Gasteiger partial charge in [0.1, 0.15) is 5.82 Å². The molecule has 0 aliphatic rings. The maximum absolute atomic E-state index is 13.0. The molecule has 0 heterocycles. The molecule has 2 aromatic carbocycles. The van der Waals surface area contributed by atoms with Gasteiger partial charge in [0.05, 0.1) is 10.7 Å². The molecule has 7 heteroatoms. The largest absolute Gasteiger partial charge is 0.450 e.